The van der Waals surface area contributed by atoms with Gasteiger partial charge in [-0.1, -0.05) is 11.6 Å². The van der Waals surface area contributed by atoms with Gasteiger partial charge in [-0.15, -0.1) is 0 Å². The van der Waals surface area contributed by atoms with E-state index >= 15 is 0 Å². The number of hydrogen-bond donors (Lipinski definition) is 2. The smallest absolute Gasteiger partial charge is 0.249 e. The largest absolute Gasteiger partial charge is 0.397 e. The molecular weight excluding hydrogens is 242 g/mol. The maximum Gasteiger partial charge on any atom is 0.249 e. The van der Waals surface area contributed by atoms with Crippen LogP contribution < -0.4 is 16.0 Å². The third kappa shape index (κ3) is 2.19. The number of amides is 2. The number of halogens is 1. The molecule has 1 unspecified atom stereocenters. The lowest BCUT2D eigenvalue weighted by molar-refractivity contribution is -0.132. The minimum Gasteiger partial charge on any atom is -0.397 e. The fourth-order valence-corrected chi connectivity index (χ4v) is 1.98. The highest BCUT2D eigenvalue weighted by molar-refractivity contribution is 6.31. The predicted molar refractivity (Wildman–Crippen MR) is 65.8 cm³/mol. The van der Waals surface area contributed by atoms with Gasteiger partial charge in [-0.25, -0.2) is 0 Å². The summed E-state index contributed by atoms with van der Waals surface area (Å²) in [7, 11) is 0. The predicted octanol–water partition coefficient (Wildman–Crippen LogP) is 0.774. The molecule has 1 aromatic carbocycles. The Morgan fingerprint density at radius 2 is 2.18 bits per heavy atom. The molecule has 2 amide bonds. The van der Waals surface area contributed by atoms with Crippen LogP contribution in [0.5, 0.6) is 0 Å². The number of imide groups is 1. The van der Waals surface area contributed by atoms with E-state index in [1.54, 1.807) is 30.0 Å². The molecule has 3 N–H and O–H groups in total. The van der Waals surface area contributed by atoms with Gasteiger partial charge in [0.1, 0.15) is 6.04 Å². The van der Waals surface area contributed by atoms with Gasteiger partial charge < -0.3 is 10.6 Å². The molecular formula is C11H12ClN3O2. The van der Waals surface area contributed by atoms with E-state index in [2.05, 4.69) is 5.32 Å². The first-order valence-electron chi connectivity index (χ1n) is 5.14. The van der Waals surface area contributed by atoms with Crippen molar-refractivity contribution in [2.45, 2.75) is 13.0 Å². The molecule has 1 aromatic rings. The SMILES string of the molecule is CC1C(=O)NC(=O)CN1c1ccc(Cl)cc1N. The summed E-state index contributed by atoms with van der Waals surface area (Å²) in [6.07, 6.45) is 0. The fraction of sp³-hybridized carbons (Fsp3) is 0.273. The third-order valence-corrected chi connectivity index (χ3v) is 2.96. The number of nitrogens with one attached hydrogen (secondary N) is 1. The van der Waals surface area contributed by atoms with Crippen LogP contribution in [0.4, 0.5) is 11.4 Å². The first-order chi connectivity index (χ1) is 7.99. The second-order valence-electron chi connectivity index (χ2n) is 3.92. The van der Waals surface area contributed by atoms with Gasteiger partial charge in [0, 0.05) is 5.02 Å². The van der Waals surface area contributed by atoms with Crippen molar-refractivity contribution in [2.24, 2.45) is 0 Å². The van der Waals surface area contributed by atoms with E-state index in [1.807, 2.05) is 0 Å². The Labute approximate surface area is 104 Å². The fourth-order valence-electron chi connectivity index (χ4n) is 1.80. The minimum atomic E-state index is -0.434. The molecule has 1 aliphatic rings. The highest BCUT2D eigenvalue weighted by Gasteiger charge is 2.31. The van der Waals surface area contributed by atoms with Gasteiger partial charge in [0.15, 0.2) is 0 Å². The lowest BCUT2D eigenvalue weighted by Gasteiger charge is -2.34. The Morgan fingerprint density at radius 3 is 2.82 bits per heavy atom. The first kappa shape index (κ1) is 11.7. The molecule has 6 heteroatoms. The number of piperazine rings is 1. The quantitative estimate of drug-likeness (QED) is 0.573. The van der Waals surface area contributed by atoms with Gasteiger partial charge in [-0.3, -0.25) is 14.9 Å². The van der Waals surface area contributed by atoms with Gasteiger partial charge in [-0.2, -0.15) is 0 Å². The topological polar surface area (TPSA) is 75.4 Å². The lowest BCUT2D eigenvalue weighted by atomic mass is 10.1. The summed E-state index contributed by atoms with van der Waals surface area (Å²) in [6.45, 7) is 1.83. The van der Waals surface area contributed by atoms with Crippen LogP contribution in [0.15, 0.2) is 18.2 Å². The second kappa shape index (κ2) is 4.25. The van der Waals surface area contributed by atoms with Crippen LogP contribution >= 0.6 is 11.6 Å². The molecule has 0 aliphatic carbocycles. The van der Waals surface area contributed by atoms with Crippen molar-refractivity contribution >= 4 is 34.8 Å². The number of hydrogen-bond acceptors (Lipinski definition) is 4. The third-order valence-electron chi connectivity index (χ3n) is 2.72. The van der Waals surface area contributed by atoms with E-state index in [-0.39, 0.29) is 18.4 Å². The molecule has 0 radical (unpaired) electrons. The molecule has 2 rings (SSSR count). The molecule has 1 fully saturated rings. The van der Waals surface area contributed by atoms with Crippen LogP contribution in [0.1, 0.15) is 6.92 Å². The van der Waals surface area contributed by atoms with Gasteiger partial charge in [-0.05, 0) is 25.1 Å². The van der Waals surface area contributed by atoms with Crippen LogP contribution in [0.3, 0.4) is 0 Å². The van der Waals surface area contributed by atoms with Crippen molar-refractivity contribution in [3.8, 4) is 0 Å². The zero-order chi connectivity index (χ0) is 12.6. The number of anilines is 2. The van der Waals surface area contributed by atoms with E-state index in [4.69, 9.17) is 17.3 Å². The lowest BCUT2D eigenvalue weighted by Crippen LogP contribution is -2.57. The van der Waals surface area contributed by atoms with Gasteiger partial charge in [0.05, 0.1) is 17.9 Å². The van der Waals surface area contributed by atoms with Gasteiger partial charge in [0.25, 0.3) is 0 Å². The zero-order valence-electron chi connectivity index (χ0n) is 9.24. The van der Waals surface area contributed by atoms with E-state index in [1.165, 1.54) is 0 Å². The molecule has 1 saturated heterocycles. The highest BCUT2D eigenvalue weighted by Crippen LogP contribution is 2.28. The molecule has 5 nitrogen and oxygen atoms in total. The summed E-state index contributed by atoms with van der Waals surface area (Å²) in [5.74, 6) is -0.655. The summed E-state index contributed by atoms with van der Waals surface area (Å²) in [5, 5.41) is 2.79. The summed E-state index contributed by atoms with van der Waals surface area (Å²) in [4.78, 5) is 24.5. The Balaban J connectivity index is 2.37. The average molecular weight is 254 g/mol. The number of carbonyl (C=O) groups is 2. The van der Waals surface area contributed by atoms with Crippen LogP contribution in [0.25, 0.3) is 0 Å². The molecule has 1 atom stereocenters. The number of nitrogen functional groups attached to an aromatic ring is 1. The van der Waals surface area contributed by atoms with Crippen molar-refractivity contribution < 1.29 is 9.59 Å². The van der Waals surface area contributed by atoms with E-state index in [0.717, 1.165) is 0 Å². The molecule has 0 spiro atoms. The maximum atomic E-state index is 11.5. The van der Waals surface area contributed by atoms with E-state index < -0.39 is 6.04 Å². The number of rotatable bonds is 1. The van der Waals surface area contributed by atoms with E-state index in [0.29, 0.717) is 16.4 Å². The van der Waals surface area contributed by atoms with Crippen LogP contribution in [-0.4, -0.2) is 24.4 Å². The number of benzene rings is 1. The maximum absolute atomic E-state index is 11.5. The van der Waals surface area contributed by atoms with Crippen LogP contribution in [-0.2, 0) is 9.59 Å². The molecule has 0 bridgehead atoms. The van der Waals surface area contributed by atoms with E-state index in [9.17, 15) is 9.59 Å². The molecule has 17 heavy (non-hydrogen) atoms. The standard InChI is InChI=1S/C11H12ClN3O2/c1-6-11(17)14-10(16)5-15(6)9-3-2-7(12)4-8(9)13/h2-4,6H,5,13H2,1H3,(H,14,16,17). The molecule has 1 aliphatic heterocycles. The Morgan fingerprint density at radius 1 is 1.47 bits per heavy atom. The van der Waals surface area contributed by atoms with Gasteiger partial charge >= 0.3 is 0 Å². The second-order valence-corrected chi connectivity index (χ2v) is 4.36. The molecule has 0 aromatic heterocycles. The van der Waals surface area contributed by atoms with Crippen molar-refractivity contribution in [3.63, 3.8) is 0 Å². The average Bonchev–Trinajstić information content (AvgIpc) is 2.24. The van der Waals surface area contributed by atoms with Crippen molar-refractivity contribution in [3.05, 3.63) is 23.2 Å². The Hall–Kier alpha value is -1.75. The minimum absolute atomic E-state index is 0.110. The van der Waals surface area contributed by atoms with Crippen LogP contribution in [0.2, 0.25) is 5.02 Å². The summed E-state index contributed by atoms with van der Waals surface area (Å²) < 4.78 is 0. The number of nitrogens with two attached hydrogens (primary N) is 1. The first-order valence-corrected chi connectivity index (χ1v) is 5.52. The summed E-state index contributed by atoms with van der Waals surface area (Å²) in [6, 6.07) is 4.55. The number of carbonyl (C=O) groups excluding carboxylic acids is 2. The molecule has 0 saturated carbocycles. The molecule has 90 valence electrons. The normalized spacial score (nSPS) is 20.4. The van der Waals surface area contributed by atoms with Gasteiger partial charge in [0.2, 0.25) is 11.8 Å². The van der Waals surface area contributed by atoms with Crippen molar-refractivity contribution in [1.82, 2.24) is 5.32 Å². The van der Waals surface area contributed by atoms with Crippen LogP contribution in [0, 0.1) is 0 Å². The highest BCUT2D eigenvalue weighted by atomic mass is 35.5. The molecule has 1 heterocycles. The number of nitrogens with zero attached hydrogens (tertiary/aromatic N) is 1. The zero-order valence-corrected chi connectivity index (χ0v) is 9.99. The Kier molecular flexibility index (Phi) is 2.93. The van der Waals surface area contributed by atoms with Crippen molar-refractivity contribution in [1.29, 1.82) is 0 Å². The Bertz CT molecular complexity index is 490. The van der Waals surface area contributed by atoms with Crippen molar-refractivity contribution in [2.75, 3.05) is 17.2 Å². The summed E-state index contributed by atoms with van der Waals surface area (Å²) in [5.41, 5.74) is 6.93. The monoisotopic (exact) mass is 253 g/mol. The summed E-state index contributed by atoms with van der Waals surface area (Å²) >= 11 is 5.80.